The van der Waals surface area contributed by atoms with Crippen LogP contribution in [0.4, 0.5) is 0 Å². The lowest BCUT2D eigenvalue weighted by molar-refractivity contribution is -0.121. The molecule has 1 amide bonds. The van der Waals surface area contributed by atoms with Gasteiger partial charge in [-0.15, -0.1) is 0 Å². The Morgan fingerprint density at radius 1 is 1.11 bits per heavy atom. The molecule has 2 rings (SSSR count). The lowest BCUT2D eigenvalue weighted by Gasteiger charge is -2.31. The number of nitrogens with zero attached hydrogens (tertiary/aromatic N) is 1. The number of ether oxygens (including phenoxy) is 3. The minimum absolute atomic E-state index is 0.0254. The molecule has 1 heterocycles. The molecule has 0 atom stereocenters. The molecule has 0 aromatic heterocycles. The summed E-state index contributed by atoms with van der Waals surface area (Å²) in [6, 6.07) is 3.48. The zero-order valence-corrected chi connectivity index (χ0v) is 17.8. The van der Waals surface area contributed by atoms with E-state index in [4.69, 9.17) is 14.2 Å². The summed E-state index contributed by atoms with van der Waals surface area (Å²) in [5.41, 5.74) is 0.745. The quantitative estimate of drug-likeness (QED) is 0.659. The maximum atomic E-state index is 12.5. The first kappa shape index (κ1) is 22.3. The van der Waals surface area contributed by atoms with E-state index in [1.165, 1.54) is 25.6 Å². The molecular weight excluding hydrogens is 384 g/mol. The van der Waals surface area contributed by atoms with E-state index >= 15 is 0 Å². The van der Waals surface area contributed by atoms with Gasteiger partial charge in [0.1, 0.15) is 0 Å². The number of benzene rings is 1. The zero-order chi connectivity index (χ0) is 20.7. The SMILES string of the molecule is CCCS(=O)(=O)N1CCC(NC(=O)Cc2cc(OC)c(OC)c(OC)c2)CC1. The van der Waals surface area contributed by atoms with Gasteiger partial charge >= 0.3 is 0 Å². The first-order valence-corrected chi connectivity index (χ1v) is 11.0. The number of sulfonamides is 1. The molecule has 0 bridgehead atoms. The number of hydrogen-bond acceptors (Lipinski definition) is 6. The van der Waals surface area contributed by atoms with Crippen molar-refractivity contribution in [1.29, 1.82) is 0 Å². The van der Waals surface area contributed by atoms with E-state index < -0.39 is 10.0 Å². The second-order valence-electron chi connectivity index (χ2n) is 6.77. The number of amides is 1. The summed E-state index contributed by atoms with van der Waals surface area (Å²) in [4.78, 5) is 12.5. The Balaban J connectivity index is 1.95. The van der Waals surface area contributed by atoms with Gasteiger partial charge in [-0.05, 0) is 37.0 Å². The summed E-state index contributed by atoms with van der Waals surface area (Å²) < 4.78 is 41.7. The fraction of sp³-hybridized carbons (Fsp3) is 0.632. The summed E-state index contributed by atoms with van der Waals surface area (Å²) in [5.74, 6) is 1.53. The van der Waals surface area contributed by atoms with Crippen LogP contribution in [0.5, 0.6) is 17.2 Å². The molecule has 1 aromatic rings. The van der Waals surface area contributed by atoms with Crippen LogP contribution in [0, 0.1) is 0 Å². The van der Waals surface area contributed by atoms with Crippen LogP contribution in [0.2, 0.25) is 0 Å². The van der Waals surface area contributed by atoms with Crippen LogP contribution in [0.1, 0.15) is 31.7 Å². The molecular formula is C19H30N2O6S. The van der Waals surface area contributed by atoms with Crippen molar-refractivity contribution in [3.05, 3.63) is 17.7 Å². The molecule has 0 unspecified atom stereocenters. The summed E-state index contributed by atoms with van der Waals surface area (Å²) in [6.07, 6.45) is 2.01. The lowest BCUT2D eigenvalue weighted by Crippen LogP contribution is -2.47. The van der Waals surface area contributed by atoms with E-state index in [0.717, 1.165) is 5.56 Å². The fourth-order valence-corrected chi connectivity index (χ4v) is 4.91. The van der Waals surface area contributed by atoms with Gasteiger partial charge in [-0.25, -0.2) is 12.7 Å². The number of carbonyl (C=O) groups excluding carboxylic acids is 1. The van der Waals surface area contributed by atoms with Gasteiger partial charge in [-0.1, -0.05) is 6.92 Å². The van der Waals surface area contributed by atoms with E-state index in [-0.39, 0.29) is 24.1 Å². The Kier molecular flexibility index (Phi) is 7.94. The summed E-state index contributed by atoms with van der Waals surface area (Å²) in [6.45, 7) is 2.74. The molecule has 8 nitrogen and oxygen atoms in total. The molecule has 1 aliphatic heterocycles. The number of methoxy groups -OCH3 is 3. The van der Waals surface area contributed by atoms with E-state index in [0.29, 0.717) is 49.6 Å². The predicted octanol–water partition coefficient (Wildman–Crippen LogP) is 1.58. The third-order valence-electron chi connectivity index (χ3n) is 4.76. The summed E-state index contributed by atoms with van der Waals surface area (Å²) >= 11 is 0. The third-order valence-corrected chi connectivity index (χ3v) is 6.84. The second kappa shape index (κ2) is 9.97. The molecule has 28 heavy (non-hydrogen) atoms. The highest BCUT2D eigenvalue weighted by atomic mass is 32.2. The Morgan fingerprint density at radius 2 is 1.68 bits per heavy atom. The van der Waals surface area contributed by atoms with Crippen LogP contribution < -0.4 is 19.5 Å². The Hall–Kier alpha value is -2.00. The average Bonchev–Trinajstić information content (AvgIpc) is 2.67. The van der Waals surface area contributed by atoms with Crippen molar-refractivity contribution < 1.29 is 27.4 Å². The average molecular weight is 415 g/mol. The molecule has 1 fully saturated rings. The molecule has 9 heteroatoms. The van der Waals surface area contributed by atoms with E-state index in [1.807, 2.05) is 6.92 Å². The van der Waals surface area contributed by atoms with Gasteiger partial charge in [0.2, 0.25) is 21.7 Å². The first-order valence-electron chi connectivity index (χ1n) is 9.40. The lowest BCUT2D eigenvalue weighted by atomic mass is 10.1. The highest BCUT2D eigenvalue weighted by molar-refractivity contribution is 7.89. The molecule has 0 radical (unpaired) electrons. The number of nitrogens with one attached hydrogen (secondary N) is 1. The van der Waals surface area contributed by atoms with E-state index in [2.05, 4.69) is 5.32 Å². The van der Waals surface area contributed by atoms with Gasteiger partial charge in [-0.2, -0.15) is 0 Å². The van der Waals surface area contributed by atoms with Crippen molar-refractivity contribution in [3.63, 3.8) is 0 Å². The van der Waals surface area contributed by atoms with Crippen LogP contribution in [0.3, 0.4) is 0 Å². The molecule has 1 aromatic carbocycles. The minimum Gasteiger partial charge on any atom is -0.493 e. The number of hydrogen-bond donors (Lipinski definition) is 1. The number of piperidine rings is 1. The Bertz CT molecular complexity index is 748. The standard InChI is InChI=1S/C19H30N2O6S/c1-5-10-28(23,24)21-8-6-15(7-9-21)20-18(22)13-14-11-16(25-2)19(27-4)17(12-14)26-3/h11-12,15H,5-10,13H2,1-4H3,(H,20,22). The van der Waals surface area contributed by atoms with Crippen molar-refractivity contribution >= 4 is 15.9 Å². The van der Waals surface area contributed by atoms with Crippen molar-refractivity contribution in [2.45, 2.75) is 38.6 Å². The molecule has 0 saturated carbocycles. The van der Waals surface area contributed by atoms with Crippen LogP contribution in [0.15, 0.2) is 12.1 Å². The van der Waals surface area contributed by atoms with Crippen molar-refractivity contribution in [3.8, 4) is 17.2 Å². The Morgan fingerprint density at radius 3 is 2.14 bits per heavy atom. The van der Waals surface area contributed by atoms with E-state index in [1.54, 1.807) is 12.1 Å². The molecule has 1 aliphatic rings. The molecule has 1 N–H and O–H groups in total. The number of rotatable bonds is 9. The fourth-order valence-electron chi connectivity index (χ4n) is 3.37. The van der Waals surface area contributed by atoms with Crippen LogP contribution >= 0.6 is 0 Å². The number of carbonyl (C=O) groups is 1. The van der Waals surface area contributed by atoms with Gasteiger partial charge in [0.15, 0.2) is 11.5 Å². The predicted molar refractivity (Wildman–Crippen MR) is 107 cm³/mol. The highest BCUT2D eigenvalue weighted by Gasteiger charge is 2.28. The Labute approximate surface area is 167 Å². The maximum absolute atomic E-state index is 12.5. The highest BCUT2D eigenvalue weighted by Crippen LogP contribution is 2.38. The topological polar surface area (TPSA) is 94.2 Å². The van der Waals surface area contributed by atoms with Gasteiger partial charge < -0.3 is 19.5 Å². The van der Waals surface area contributed by atoms with Gasteiger partial charge in [0.05, 0.1) is 33.5 Å². The second-order valence-corrected chi connectivity index (χ2v) is 8.86. The molecule has 158 valence electrons. The molecule has 0 spiro atoms. The van der Waals surface area contributed by atoms with E-state index in [9.17, 15) is 13.2 Å². The zero-order valence-electron chi connectivity index (χ0n) is 17.0. The first-order chi connectivity index (χ1) is 13.3. The summed E-state index contributed by atoms with van der Waals surface area (Å²) in [7, 11) is 1.41. The van der Waals surface area contributed by atoms with Gasteiger partial charge in [-0.3, -0.25) is 4.79 Å². The van der Waals surface area contributed by atoms with Gasteiger partial charge in [0.25, 0.3) is 0 Å². The van der Waals surface area contributed by atoms with Gasteiger partial charge in [0, 0.05) is 19.1 Å². The third kappa shape index (κ3) is 5.51. The minimum atomic E-state index is -3.17. The molecule has 1 saturated heterocycles. The molecule has 0 aliphatic carbocycles. The van der Waals surface area contributed by atoms with Crippen LogP contribution in [0.25, 0.3) is 0 Å². The normalized spacial score (nSPS) is 15.9. The largest absolute Gasteiger partial charge is 0.493 e. The van der Waals surface area contributed by atoms with Crippen LogP contribution in [-0.2, 0) is 21.2 Å². The van der Waals surface area contributed by atoms with Crippen molar-refractivity contribution in [1.82, 2.24) is 9.62 Å². The van der Waals surface area contributed by atoms with Crippen molar-refractivity contribution in [2.24, 2.45) is 0 Å². The monoisotopic (exact) mass is 414 g/mol. The van der Waals surface area contributed by atoms with Crippen LogP contribution in [-0.4, -0.2) is 64.8 Å². The smallest absolute Gasteiger partial charge is 0.224 e. The summed E-state index contributed by atoms with van der Waals surface area (Å²) in [5, 5.41) is 3.00. The maximum Gasteiger partial charge on any atom is 0.224 e. The van der Waals surface area contributed by atoms with Crippen molar-refractivity contribution in [2.75, 3.05) is 40.2 Å².